The molecule has 1 aromatic heterocycles. The lowest BCUT2D eigenvalue weighted by atomic mass is 9.97. The van der Waals surface area contributed by atoms with Crippen molar-refractivity contribution < 1.29 is 8.42 Å². The van der Waals surface area contributed by atoms with Gasteiger partial charge in [-0.25, -0.2) is 18.1 Å². The number of aryl methyl sites for hydroxylation is 2. The topological polar surface area (TPSA) is 71.1 Å². The Morgan fingerprint density at radius 1 is 1.42 bits per heavy atom. The number of hydrogen-bond donors (Lipinski definition) is 2. The third kappa shape index (κ3) is 3.88. The van der Waals surface area contributed by atoms with Gasteiger partial charge in [-0.05, 0) is 39.3 Å². The molecular formula is C11H20ClN3O2S2. The van der Waals surface area contributed by atoms with Crippen molar-refractivity contribution in [2.24, 2.45) is 5.92 Å². The average molecular weight is 326 g/mol. The molecular weight excluding hydrogens is 306 g/mol. The minimum atomic E-state index is -3.42. The SMILES string of the molecule is Cc1nc(C)c(S(=O)(=O)NC2CCNCC2C)s1.Cl. The largest absolute Gasteiger partial charge is 0.316 e. The van der Waals surface area contributed by atoms with E-state index in [0.29, 0.717) is 15.8 Å². The van der Waals surface area contributed by atoms with Crippen LogP contribution in [0, 0.1) is 19.8 Å². The van der Waals surface area contributed by atoms with Crippen LogP contribution in [0.4, 0.5) is 0 Å². The number of halogens is 1. The van der Waals surface area contributed by atoms with Gasteiger partial charge >= 0.3 is 0 Å². The molecule has 1 fully saturated rings. The van der Waals surface area contributed by atoms with Crippen LogP contribution in [0.2, 0.25) is 0 Å². The van der Waals surface area contributed by atoms with E-state index in [4.69, 9.17) is 0 Å². The molecule has 0 aliphatic carbocycles. The summed E-state index contributed by atoms with van der Waals surface area (Å²) in [6.07, 6.45) is 0.831. The van der Waals surface area contributed by atoms with E-state index in [0.717, 1.165) is 24.5 Å². The molecule has 2 heterocycles. The summed E-state index contributed by atoms with van der Waals surface area (Å²) >= 11 is 1.23. The Kier molecular flexibility index (Phi) is 5.76. The van der Waals surface area contributed by atoms with Gasteiger partial charge < -0.3 is 5.32 Å². The molecule has 2 N–H and O–H groups in total. The molecule has 1 aliphatic rings. The van der Waals surface area contributed by atoms with E-state index in [1.807, 2.05) is 6.92 Å². The molecule has 2 rings (SSSR count). The molecule has 8 heteroatoms. The second kappa shape index (κ2) is 6.49. The highest BCUT2D eigenvalue weighted by Crippen LogP contribution is 2.24. The molecule has 0 saturated carbocycles. The lowest BCUT2D eigenvalue weighted by molar-refractivity contribution is 0.328. The highest BCUT2D eigenvalue weighted by Gasteiger charge is 2.28. The minimum Gasteiger partial charge on any atom is -0.316 e. The fourth-order valence-electron chi connectivity index (χ4n) is 2.20. The molecule has 0 amide bonds. The third-order valence-electron chi connectivity index (χ3n) is 3.20. The molecule has 2 atom stereocenters. The standard InChI is InChI=1S/C11H19N3O2S2.ClH/c1-7-6-12-5-4-10(7)14-18(15,16)11-8(2)13-9(3)17-11;/h7,10,12,14H,4-6H2,1-3H3;1H. The van der Waals surface area contributed by atoms with Crippen molar-refractivity contribution >= 4 is 33.8 Å². The predicted octanol–water partition coefficient (Wildman–Crippen LogP) is 1.46. The molecule has 0 bridgehead atoms. The van der Waals surface area contributed by atoms with Gasteiger partial charge in [0, 0.05) is 6.04 Å². The van der Waals surface area contributed by atoms with Gasteiger partial charge in [0.1, 0.15) is 0 Å². The highest BCUT2D eigenvalue weighted by molar-refractivity contribution is 7.91. The summed E-state index contributed by atoms with van der Waals surface area (Å²) in [5.74, 6) is 0.308. The van der Waals surface area contributed by atoms with Gasteiger partial charge in [0.15, 0.2) is 4.21 Å². The lowest BCUT2D eigenvalue weighted by Gasteiger charge is -2.29. The summed E-state index contributed by atoms with van der Waals surface area (Å²) in [5.41, 5.74) is 0.589. The number of rotatable bonds is 3. The Bertz CT molecular complexity index is 530. The average Bonchev–Trinajstić information content (AvgIpc) is 2.62. The van der Waals surface area contributed by atoms with Crippen molar-refractivity contribution in [3.8, 4) is 0 Å². The Morgan fingerprint density at radius 3 is 2.63 bits per heavy atom. The summed E-state index contributed by atoms with van der Waals surface area (Å²) in [4.78, 5) is 4.18. The lowest BCUT2D eigenvalue weighted by Crippen LogP contribution is -2.48. The van der Waals surface area contributed by atoms with Gasteiger partial charge in [0.25, 0.3) is 10.0 Å². The number of aromatic nitrogens is 1. The zero-order chi connectivity index (χ0) is 13.3. The van der Waals surface area contributed by atoms with Crippen LogP contribution in [0.5, 0.6) is 0 Å². The predicted molar refractivity (Wildman–Crippen MR) is 79.6 cm³/mol. The number of piperidine rings is 1. The molecule has 1 aliphatic heterocycles. The summed E-state index contributed by atoms with van der Waals surface area (Å²) in [6, 6.07) is 0.0121. The van der Waals surface area contributed by atoms with Gasteiger partial charge in [0.2, 0.25) is 0 Å². The fraction of sp³-hybridized carbons (Fsp3) is 0.727. The molecule has 0 radical (unpaired) electrons. The van der Waals surface area contributed by atoms with Crippen LogP contribution in [0.15, 0.2) is 4.21 Å². The number of nitrogens with one attached hydrogen (secondary N) is 2. The number of hydrogen-bond acceptors (Lipinski definition) is 5. The maximum absolute atomic E-state index is 12.3. The summed E-state index contributed by atoms with van der Waals surface area (Å²) < 4.78 is 27.8. The Hall–Kier alpha value is -0.210. The monoisotopic (exact) mass is 325 g/mol. The normalized spacial score (nSPS) is 23.9. The molecule has 2 unspecified atom stereocenters. The van der Waals surface area contributed by atoms with Gasteiger partial charge in [-0.3, -0.25) is 0 Å². The Balaban J connectivity index is 0.00000180. The maximum atomic E-state index is 12.3. The van der Waals surface area contributed by atoms with E-state index < -0.39 is 10.0 Å². The molecule has 1 aromatic rings. The first-order valence-electron chi connectivity index (χ1n) is 6.07. The number of sulfonamides is 1. The first-order valence-corrected chi connectivity index (χ1v) is 8.37. The molecule has 1 saturated heterocycles. The number of nitrogens with zero attached hydrogens (tertiary/aromatic N) is 1. The van der Waals surface area contributed by atoms with Crippen molar-refractivity contribution in [3.63, 3.8) is 0 Å². The minimum absolute atomic E-state index is 0. The van der Waals surface area contributed by atoms with Crippen molar-refractivity contribution in [1.82, 2.24) is 15.0 Å². The zero-order valence-corrected chi connectivity index (χ0v) is 13.7. The molecule has 5 nitrogen and oxygen atoms in total. The third-order valence-corrected chi connectivity index (χ3v) is 6.37. The molecule has 0 spiro atoms. The molecule has 110 valence electrons. The smallest absolute Gasteiger partial charge is 0.252 e. The van der Waals surface area contributed by atoms with Crippen LogP contribution in [0.1, 0.15) is 24.0 Å². The van der Waals surface area contributed by atoms with Crippen molar-refractivity contribution in [1.29, 1.82) is 0 Å². The Labute approximate surface area is 124 Å². The first kappa shape index (κ1) is 16.8. The summed E-state index contributed by atoms with van der Waals surface area (Å²) in [6.45, 7) is 7.34. The number of thiazole rings is 1. The van der Waals surface area contributed by atoms with Crippen LogP contribution >= 0.6 is 23.7 Å². The second-order valence-corrected chi connectivity index (χ2v) is 7.92. The fourth-order valence-corrected chi connectivity index (χ4v) is 5.08. The summed E-state index contributed by atoms with van der Waals surface area (Å²) in [7, 11) is -3.42. The van der Waals surface area contributed by atoms with Crippen LogP contribution in [0.25, 0.3) is 0 Å². The van der Waals surface area contributed by atoms with E-state index in [-0.39, 0.29) is 18.4 Å². The van der Waals surface area contributed by atoms with E-state index in [2.05, 4.69) is 21.9 Å². The zero-order valence-electron chi connectivity index (χ0n) is 11.3. The molecule has 19 heavy (non-hydrogen) atoms. The quantitative estimate of drug-likeness (QED) is 0.882. The van der Waals surface area contributed by atoms with Gasteiger partial charge in [-0.15, -0.1) is 23.7 Å². The van der Waals surface area contributed by atoms with E-state index in [9.17, 15) is 8.42 Å². The van der Waals surface area contributed by atoms with Crippen molar-refractivity contribution in [2.45, 2.75) is 37.4 Å². The van der Waals surface area contributed by atoms with E-state index in [1.165, 1.54) is 11.3 Å². The van der Waals surface area contributed by atoms with E-state index in [1.54, 1.807) is 6.92 Å². The van der Waals surface area contributed by atoms with Gasteiger partial charge in [-0.2, -0.15) is 0 Å². The maximum Gasteiger partial charge on any atom is 0.252 e. The van der Waals surface area contributed by atoms with Gasteiger partial charge in [-0.1, -0.05) is 6.92 Å². The van der Waals surface area contributed by atoms with Crippen LogP contribution in [-0.2, 0) is 10.0 Å². The van der Waals surface area contributed by atoms with Gasteiger partial charge in [0.05, 0.1) is 10.7 Å². The van der Waals surface area contributed by atoms with Crippen LogP contribution in [0.3, 0.4) is 0 Å². The first-order chi connectivity index (χ1) is 8.40. The van der Waals surface area contributed by atoms with Crippen LogP contribution in [-0.4, -0.2) is 32.5 Å². The van der Waals surface area contributed by atoms with E-state index >= 15 is 0 Å². The van der Waals surface area contributed by atoms with Crippen molar-refractivity contribution in [2.75, 3.05) is 13.1 Å². The Morgan fingerprint density at radius 2 is 2.11 bits per heavy atom. The second-order valence-electron chi connectivity index (χ2n) is 4.80. The molecule has 0 aromatic carbocycles. The van der Waals surface area contributed by atoms with Crippen LogP contribution < -0.4 is 10.0 Å². The van der Waals surface area contributed by atoms with Crippen molar-refractivity contribution in [3.05, 3.63) is 10.7 Å². The summed E-state index contributed by atoms with van der Waals surface area (Å²) in [5, 5.41) is 4.04. The highest BCUT2D eigenvalue weighted by atomic mass is 35.5.